The largest absolute Gasteiger partial charge is 0.480 e. The molecule has 26 heavy (non-hydrogen) atoms. The third-order valence-corrected chi connectivity index (χ3v) is 4.64. The number of amides is 2. The van der Waals surface area contributed by atoms with Crippen molar-refractivity contribution in [2.24, 2.45) is 0 Å². The van der Waals surface area contributed by atoms with Gasteiger partial charge >= 0.3 is 5.97 Å². The van der Waals surface area contributed by atoms with Crippen LogP contribution in [0.4, 0.5) is 0 Å². The van der Waals surface area contributed by atoms with Crippen LogP contribution < -0.4 is 5.32 Å². The molecule has 0 bridgehead atoms. The second-order valence-electron chi connectivity index (χ2n) is 6.52. The van der Waals surface area contributed by atoms with Crippen molar-refractivity contribution in [2.45, 2.75) is 32.7 Å². The Kier molecular flexibility index (Phi) is 7.15. The Morgan fingerprint density at radius 1 is 1.19 bits per heavy atom. The summed E-state index contributed by atoms with van der Waals surface area (Å²) in [6.07, 6.45) is 1.90. The van der Waals surface area contributed by atoms with Gasteiger partial charge in [-0.25, -0.2) is 0 Å². The van der Waals surface area contributed by atoms with E-state index in [1.807, 2.05) is 4.90 Å². The van der Waals surface area contributed by atoms with Gasteiger partial charge in [-0.2, -0.15) is 0 Å². The zero-order valence-electron chi connectivity index (χ0n) is 15.4. The summed E-state index contributed by atoms with van der Waals surface area (Å²) in [5.41, 5.74) is 1.05. The Morgan fingerprint density at radius 3 is 2.46 bits per heavy atom. The fraction of sp³-hybridized carbons (Fsp3) is 0.526. The first-order chi connectivity index (χ1) is 12.4. The molecular weight excluding hydrogens is 334 g/mol. The van der Waals surface area contributed by atoms with Gasteiger partial charge in [-0.05, 0) is 24.1 Å². The average Bonchev–Trinajstić information content (AvgIpc) is 2.62. The van der Waals surface area contributed by atoms with Crippen LogP contribution in [0.2, 0.25) is 0 Å². The predicted molar refractivity (Wildman–Crippen MR) is 97.9 cm³/mol. The monoisotopic (exact) mass is 361 g/mol. The van der Waals surface area contributed by atoms with Gasteiger partial charge in [-0.3, -0.25) is 19.3 Å². The van der Waals surface area contributed by atoms with E-state index in [0.29, 0.717) is 43.9 Å². The van der Waals surface area contributed by atoms with Gasteiger partial charge in [-0.1, -0.05) is 25.5 Å². The molecule has 1 heterocycles. The van der Waals surface area contributed by atoms with E-state index in [9.17, 15) is 19.5 Å². The molecule has 1 aromatic carbocycles. The van der Waals surface area contributed by atoms with E-state index in [4.69, 9.17) is 0 Å². The zero-order valence-corrected chi connectivity index (χ0v) is 15.4. The van der Waals surface area contributed by atoms with Gasteiger partial charge in [0.2, 0.25) is 5.91 Å². The highest BCUT2D eigenvalue weighted by Gasteiger charge is 2.31. The lowest BCUT2D eigenvalue weighted by Gasteiger charge is -2.37. The molecule has 7 nitrogen and oxygen atoms in total. The summed E-state index contributed by atoms with van der Waals surface area (Å²) in [4.78, 5) is 39.1. The number of carboxylic acid groups (broad SMARTS) is 1. The maximum Gasteiger partial charge on any atom is 0.325 e. The molecule has 7 heteroatoms. The molecule has 1 aromatic rings. The summed E-state index contributed by atoms with van der Waals surface area (Å²) in [6, 6.07) is 5.96. The first-order valence-corrected chi connectivity index (χ1v) is 9.04. The van der Waals surface area contributed by atoms with E-state index < -0.39 is 12.0 Å². The Bertz CT molecular complexity index is 654. The molecule has 1 fully saturated rings. The summed E-state index contributed by atoms with van der Waals surface area (Å²) in [5, 5.41) is 12.6. The molecule has 2 amide bonds. The van der Waals surface area contributed by atoms with Gasteiger partial charge in [0, 0.05) is 45.2 Å². The molecule has 0 spiro atoms. The summed E-state index contributed by atoms with van der Waals surface area (Å²) in [7, 11) is 0. The lowest BCUT2D eigenvalue weighted by Crippen LogP contribution is -2.50. The average molecular weight is 361 g/mol. The van der Waals surface area contributed by atoms with Crippen LogP contribution in [0.1, 0.15) is 48.7 Å². The predicted octanol–water partition coefficient (Wildman–Crippen LogP) is 1.51. The van der Waals surface area contributed by atoms with Crippen LogP contribution in [0.3, 0.4) is 0 Å². The number of hydrogen-bond donors (Lipinski definition) is 2. The smallest absolute Gasteiger partial charge is 0.325 e. The van der Waals surface area contributed by atoms with E-state index in [1.165, 1.54) is 6.92 Å². The van der Waals surface area contributed by atoms with Crippen LogP contribution in [0.15, 0.2) is 24.3 Å². The summed E-state index contributed by atoms with van der Waals surface area (Å²) in [6.45, 7) is 6.18. The van der Waals surface area contributed by atoms with Crippen molar-refractivity contribution in [1.82, 2.24) is 15.1 Å². The fourth-order valence-electron chi connectivity index (χ4n) is 3.14. The standard InChI is InChI=1S/C19H27N3O4/c1-3-4-8-20-18(24)16-7-5-6-15(13-16)17(19(25)26)22-11-9-21(10-12-22)14(2)23/h5-7,13,17H,3-4,8-12H2,1-2H3,(H,20,24)(H,25,26)/t17-/m1/s1. The number of carboxylic acids is 1. The van der Waals surface area contributed by atoms with E-state index in [1.54, 1.807) is 29.2 Å². The third-order valence-electron chi connectivity index (χ3n) is 4.64. The lowest BCUT2D eigenvalue weighted by molar-refractivity contribution is -0.145. The normalized spacial score (nSPS) is 16.2. The number of piperazine rings is 1. The first kappa shape index (κ1) is 19.9. The maximum atomic E-state index is 12.2. The maximum absolute atomic E-state index is 12.2. The van der Waals surface area contributed by atoms with E-state index >= 15 is 0 Å². The molecule has 2 rings (SSSR count). The van der Waals surface area contributed by atoms with Crippen molar-refractivity contribution < 1.29 is 19.5 Å². The molecular formula is C19H27N3O4. The Morgan fingerprint density at radius 2 is 1.88 bits per heavy atom. The van der Waals surface area contributed by atoms with Gasteiger partial charge in [-0.15, -0.1) is 0 Å². The Balaban J connectivity index is 2.13. The summed E-state index contributed by atoms with van der Waals surface area (Å²) < 4.78 is 0. The lowest BCUT2D eigenvalue weighted by atomic mass is 10.0. The molecule has 0 unspecified atom stereocenters. The molecule has 0 aromatic heterocycles. The molecule has 2 N–H and O–H groups in total. The summed E-state index contributed by atoms with van der Waals surface area (Å²) >= 11 is 0. The second kappa shape index (κ2) is 9.33. The number of rotatable bonds is 7. The van der Waals surface area contributed by atoms with Gasteiger partial charge in [0.1, 0.15) is 6.04 Å². The minimum atomic E-state index is -0.954. The Labute approximate surface area is 154 Å². The number of benzene rings is 1. The van der Waals surface area contributed by atoms with Gasteiger partial charge < -0.3 is 15.3 Å². The molecule has 0 radical (unpaired) electrons. The molecule has 1 aliphatic rings. The molecule has 1 aliphatic heterocycles. The number of aliphatic carboxylic acids is 1. The molecule has 0 saturated carbocycles. The van der Waals surface area contributed by atoms with Crippen LogP contribution in [-0.2, 0) is 9.59 Å². The highest BCUT2D eigenvalue weighted by molar-refractivity contribution is 5.94. The molecule has 142 valence electrons. The molecule has 0 aliphatic carbocycles. The van der Waals surface area contributed by atoms with Gasteiger partial charge in [0.05, 0.1) is 0 Å². The van der Waals surface area contributed by atoms with Crippen molar-refractivity contribution in [3.8, 4) is 0 Å². The van der Waals surface area contributed by atoms with Crippen molar-refractivity contribution >= 4 is 17.8 Å². The highest BCUT2D eigenvalue weighted by atomic mass is 16.4. The number of nitrogens with one attached hydrogen (secondary N) is 1. The summed E-state index contributed by atoms with van der Waals surface area (Å²) in [5.74, 6) is -1.14. The van der Waals surface area contributed by atoms with Crippen LogP contribution in [0, 0.1) is 0 Å². The third kappa shape index (κ3) is 5.05. The van der Waals surface area contributed by atoms with Crippen LogP contribution in [0.25, 0.3) is 0 Å². The fourth-order valence-corrected chi connectivity index (χ4v) is 3.14. The molecule has 1 saturated heterocycles. The minimum absolute atomic E-state index is 0.00210. The number of carbonyl (C=O) groups excluding carboxylic acids is 2. The highest BCUT2D eigenvalue weighted by Crippen LogP contribution is 2.23. The molecule has 1 atom stereocenters. The quantitative estimate of drug-likeness (QED) is 0.719. The second-order valence-corrected chi connectivity index (χ2v) is 6.52. The van der Waals surface area contributed by atoms with Gasteiger partial charge in [0.25, 0.3) is 5.91 Å². The van der Waals surface area contributed by atoms with Crippen molar-refractivity contribution in [2.75, 3.05) is 32.7 Å². The number of hydrogen-bond acceptors (Lipinski definition) is 4. The number of unbranched alkanes of at least 4 members (excludes halogenated alkanes) is 1. The van der Waals surface area contributed by atoms with E-state index in [0.717, 1.165) is 12.8 Å². The van der Waals surface area contributed by atoms with Gasteiger partial charge in [0.15, 0.2) is 0 Å². The number of nitrogens with zero attached hydrogens (tertiary/aromatic N) is 2. The zero-order chi connectivity index (χ0) is 19.1. The van der Waals surface area contributed by atoms with Crippen molar-refractivity contribution in [1.29, 1.82) is 0 Å². The number of carbonyl (C=O) groups is 3. The minimum Gasteiger partial charge on any atom is -0.480 e. The van der Waals surface area contributed by atoms with Crippen LogP contribution >= 0.6 is 0 Å². The van der Waals surface area contributed by atoms with E-state index in [2.05, 4.69) is 12.2 Å². The topological polar surface area (TPSA) is 89.9 Å². The van der Waals surface area contributed by atoms with E-state index in [-0.39, 0.29) is 11.8 Å². The first-order valence-electron chi connectivity index (χ1n) is 9.04. The SMILES string of the molecule is CCCCNC(=O)c1cccc([C@H](C(=O)O)N2CCN(C(C)=O)CC2)c1. The Hall–Kier alpha value is -2.41. The van der Waals surface area contributed by atoms with Crippen LogP contribution in [0.5, 0.6) is 0 Å². The van der Waals surface area contributed by atoms with Crippen molar-refractivity contribution in [3.05, 3.63) is 35.4 Å². The van der Waals surface area contributed by atoms with Crippen LogP contribution in [-0.4, -0.2) is 65.4 Å². The van der Waals surface area contributed by atoms with Crippen molar-refractivity contribution in [3.63, 3.8) is 0 Å².